The van der Waals surface area contributed by atoms with Crippen LogP contribution in [-0.4, -0.2) is 36.7 Å². The topological polar surface area (TPSA) is 79.9 Å². The molecular weight excluding hydrogens is 401 g/mol. The molecule has 3 amide bonds. The van der Waals surface area contributed by atoms with Crippen molar-refractivity contribution in [1.29, 1.82) is 0 Å². The van der Waals surface area contributed by atoms with Gasteiger partial charge in [0.05, 0.1) is 0 Å². The number of nitrogens with zero attached hydrogens (tertiary/aromatic N) is 1. The summed E-state index contributed by atoms with van der Waals surface area (Å²) in [7, 11) is 0. The number of carbonyl (C=O) groups is 2. The Morgan fingerprint density at radius 1 is 1.10 bits per heavy atom. The van der Waals surface area contributed by atoms with Crippen molar-refractivity contribution in [3.63, 3.8) is 0 Å². The number of fused-ring (bicyclic) bond motifs is 1. The third kappa shape index (κ3) is 5.65. The standard InChI is InChI=1S/C23H26FN3O4/c24-18-5-7-19(8-6-18)26-23(29)27-11-1-2-16(14-27)4-10-22(28)25-13-17-3-9-20-21(12-17)31-15-30-20/h3,5-9,12,16H,1-2,4,10-11,13-15H2,(H,25,28)(H,26,29)/t16-/m1/s1. The van der Waals surface area contributed by atoms with Gasteiger partial charge in [-0.15, -0.1) is 0 Å². The Balaban J connectivity index is 1.19. The molecule has 31 heavy (non-hydrogen) atoms. The zero-order chi connectivity index (χ0) is 21.6. The van der Waals surface area contributed by atoms with Crippen LogP contribution in [0.15, 0.2) is 42.5 Å². The summed E-state index contributed by atoms with van der Waals surface area (Å²) in [4.78, 5) is 26.6. The van der Waals surface area contributed by atoms with Gasteiger partial charge in [0.25, 0.3) is 0 Å². The maximum Gasteiger partial charge on any atom is 0.321 e. The SMILES string of the molecule is O=C(CC[C@H]1CCCN(C(=O)Nc2ccc(F)cc2)C1)NCc1ccc2c(c1)OCO2. The number of likely N-dealkylation sites (tertiary alicyclic amines) is 1. The lowest BCUT2D eigenvalue weighted by Gasteiger charge is -2.32. The molecule has 2 aliphatic heterocycles. The first-order valence-electron chi connectivity index (χ1n) is 10.5. The Morgan fingerprint density at radius 2 is 1.90 bits per heavy atom. The van der Waals surface area contributed by atoms with Gasteiger partial charge in [-0.3, -0.25) is 4.79 Å². The Labute approximate surface area is 180 Å². The van der Waals surface area contributed by atoms with E-state index in [0.29, 0.717) is 37.5 Å². The molecular formula is C23H26FN3O4. The Bertz CT molecular complexity index is 935. The molecule has 0 aliphatic carbocycles. The predicted molar refractivity (Wildman–Crippen MR) is 113 cm³/mol. The highest BCUT2D eigenvalue weighted by Crippen LogP contribution is 2.32. The number of benzene rings is 2. The first kappa shape index (κ1) is 21.0. The van der Waals surface area contributed by atoms with Gasteiger partial charge < -0.3 is 25.0 Å². The minimum atomic E-state index is -0.340. The number of anilines is 1. The van der Waals surface area contributed by atoms with Crippen molar-refractivity contribution in [2.24, 2.45) is 5.92 Å². The van der Waals surface area contributed by atoms with E-state index in [1.54, 1.807) is 17.0 Å². The quantitative estimate of drug-likeness (QED) is 0.733. The summed E-state index contributed by atoms with van der Waals surface area (Å²) in [5.74, 6) is 1.36. The van der Waals surface area contributed by atoms with Crippen LogP contribution in [0.2, 0.25) is 0 Å². The maximum absolute atomic E-state index is 13.0. The Morgan fingerprint density at radius 3 is 2.74 bits per heavy atom. The first-order chi connectivity index (χ1) is 15.1. The lowest BCUT2D eigenvalue weighted by atomic mass is 9.93. The van der Waals surface area contributed by atoms with Crippen LogP contribution in [0.5, 0.6) is 11.5 Å². The van der Waals surface area contributed by atoms with Gasteiger partial charge in [-0.05, 0) is 67.1 Å². The molecule has 0 radical (unpaired) electrons. The van der Waals surface area contributed by atoms with Crippen LogP contribution in [0.4, 0.5) is 14.9 Å². The number of ether oxygens (including phenoxy) is 2. The second-order valence-corrected chi connectivity index (χ2v) is 7.89. The van der Waals surface area contributed by atoms with Gasteiger partial charge in [0, 0.05) is 31.7 Å². The van der Waals surface area contributed by atoms with E-state index in [0.717, 1.165) is 30.6 Å². The molecule has 4 rings (SSSR count). The predicted octanol–water partition coefficient (Wildman–Crippen LogP) is 3.89. The van der Waals surface area contributed by atoms with E-state index in [9.17, 15) is 14.0 Å². The summed E-state index contributed by atoms with van der Waals surface area (Å²) in [5, 5.41) is 5.74. The van der Waals surface area contributed by atoms with Crippen molar-refractivity contribution in [3.8, 4) is 11.5 Å². The molecule has 2 aromatic carbocycles. The van der Waals surface area contributed by atoms with E-state index < -0.39 is 0 Å². The van der Waals surface area contributed by atoms with Gasteiger partial charge in [-0.2, -0.15) is 0 Å². The minimum Gasteiger partial charge on any atom is -0.454 e. The molecule has 0 spiro atoms. The monoisotopic (exact) mass is 427 g/mol. The van der Waals surface area contributed by atoms with E-state index in [4.69, 9.17) is 9.47 Å². The molecule has 1 fully saturated rings. The third-order valence-electron chi connectivity index (χ3n) is 5.61. The summed E-state index contributed by atoms with van der Waals surface area (Å²) in [6, 6.07) is 11.2. The largest absolute Gasteiger partial charge is 0.454 e. The van der Waals surface area contributed by atoms with Crippen molar-refractivity contribution >= 4 is 17.6 Å². The van der Waals surface area contributed by atoms with Gasteiger partial charge in [0.2, 0.25) is 12.7 Å². The number of rotatable bonds is 6. The zero-order valence-corrected chi connectivity index (χ0v) is 17.2. The Hall–Kier alpha value is -3.29. The molecule has 8 heteroatoms. The van der Waals surface area contributed by atoms with Crippen molar-refractivity contribution in [3.05, 3.63) is 53.8 Å². The lowest BCUT2D eigenvalue weighted by Crippen LogP contribution is -2.42. The number of halogens is 1. The fraction of sp³-hybridized carbons (Fsp3) is 0.391. The van der Waals surface area contributed by atoms with Crippen LogP contribution in [-0.2, 0) is 11.3 Å². The van der Waals surface area contributed by atoms with Crippen molar-refractivity contribution in [2.45, 2.75) is 32.2 Å². The van der Waals surface area contributed by atoms with Crippen LogP contribution >= 0.6 is 0 Å². The highest BCUT2D eigenvalue weighted by molar-refractivity contribution is 5.89. The molecule has 0 unspecified atom stereocenters. The van der Waals surface area contributed by atoms with E-state index in [1.165, 1.54) is 12.1 Å². The summed E-state index contributed by atoms with van der Waals surface area (Å²) in [6.45, 7) is 1.96. The number of piperidine rings is 1. The Kier molecular flexibility index (Phi) is 6.54. The van der Waals surface area contributed by atoms with Gasteiger partial charge >= 0.3 is 6.03 Å². The van der Waals surface area contributed by atoms with Crippen LogP contribution in [0.1, 0.15) is 31.2 Å². The van der Waals surface area contributed by atoms with Crippen LogP contribution in [0.25, 0.3) is 0 Å². The van der Waals surface area contributed by atoms with E-state index in [1.807, 2.05) is 18.2 Å². The summed E-state index contributed by atoms with van der Waals surface area (Å²) < 4.78 is 23.7. The number of hydrogen-bond acceptors (Lipinski definition) is 4. The summed E-state index contributed by atoms with van der Waals surface area (Å²) in [5.41, 5.74) is 1.52. The van der Waals surface area contributed by atoms with Gasteiger partial charge in [0.1, 0.15) is 5.82 Å². The van der Waals surface area contributed by atoms with Crippen molar-refractivity contribution < 1.29 is 23.5 Å². The normalized spacial score (nSPS) is 17.3. The van der Waals surface area contributed by atoms with Gasteiger partial charge in [0.15, 0.2) is 11.5 Å². The molecule has 164 valence electrons. The second kappa shape index (κ2) is 9.68. The van der Waals surface area contributed by atoms with E-state index in [-0.39, 0.29) is 30.5 Å². The fourth-order valence-electron chi connectivity index (χ4n) is 3.90. The third-order valence-corrected chi connectivity index (χ3v) is 5.61. The fourth-order valence-corrected chi connectivity index (χ4v) is 3.90. The van der Waals surface area contributed by atoms with Crippen LogP contribution in [0, 0.1) is 11.7 Å². The summed E-state index contributed by atoms with van der Waals surface area (Å²) in [6.07, 6.45) is 3.05. The second-order valence-electron chi connectivity index (χ2n) is 7.89. The van der Waals surface area contributed by atoms with Gasteiger partial charge in [-0.1, -0.05) is 6.07 Å². The van der Waals surface area contributed by atoms with Crippen molar-refractivity contribution in [1.82, 2.24) is 10.2 Å². The average molecular weight is 427 g/mol. The molecule has 2 N–H and O–H groups in total. The molecule has 0 aromatic heterocycles. The van der Waals surface area contributed by atoms with E-state index in [2.05, 4.69) is 10.6 Å². The molecule has 1 saturated heterocycles. The van der Waals surface area contributed by atoms with Crippen molar-refractivity contribution in [2.75, 3.05) is 25.2 Å². The molecule has 0 saturated carbocycles. The lowest BCUT2D eigenvalue weighted by molar-refractivity contribution is -0.121. The molecule has 7 nitrogen and oxygen atoms in total. The number of carbonyl (C=O) groups excluding carboxylic acids is 2. The number of hydrogen-bond donors (Lipinski definition) is 2. The average Bonchev–Trinajstić information content (AvgIpc) is 3.26. The first-order valence-corrected chi connectivity index (χ1v) is 10.5. The number of urea groups is 1. The maximum atomic E-state index is 13.0. The minimum absolute atomic E-state index is 0.00875. The summed E-state index contributed by atoms with van der Waals surface area (Å²) >= 11 is 0. The molecule has 1 atom stereocenters. The molecule has 2 aliphatic rings. The van der Waals surface area contributed by atoms with Gasteiger partial charge in [-0.25, -0.2) is 9.18 Å². The number of nitrogens with one attached hydrogen (secondary N) is 2. The molecule has 0 bridgehead atoms. The molecule has 2 heterocycles. The highest BCUT2D eigenvalue weighted by atomic mass is 19.1. The zero-order valence-electron chi connectivity index (χ0n) is 17.2. The highest BCUT2D eigenvalue weighted by Gasteiger charge is 2.24. The number of amides is 3. The molecule has 2 aromatic rings. The van der Waals surface area contributed by atoms with E-state index >= 15 is 0 Å². The van der Waals surface area contributed by atoms with Crippen LogP contribution < -0.4 is 20.1 Å². The van der Waals surface area contributed by atoms with Crippen LogP contribution in [0.3, 0.4) is 0 Å². The smallest absolute Gasteiger partial charge is 0.321 e.